The highest BCUT2D eigenvalue weighted by molar-refractivity contribution is 9.10. The minimum atomic E-state index is 0.0881. The Morgan fingerprint density at radius 1 is 1.15 bits per heavy atom. The molecule has 0 saturated carbocycles. The highest BCUT2D eigenvalue weighted by Gasteiger charge is 2.35. The number of aryl methyl sites for hydroxylation is 2. The van der Waals surface area contributed by atoms with Gasteiger partial charge in [-0.2, -0.15) is 0 Å². The lowest BCUT2D eigenvalue weighted by Gasteiger charge is -2.36. The van der Waals surface area contributed by atoms with E-state index in [0.29, 0.717) is 5.92 Å². The summed E-state index contributed by atoms with van der Waals surface area (Å²) >= 11 is 13.7. The lowest BCUT2D eigenvalue weighted by Crippen LogP contribution is -2.37. The molecular weight excluding hydrogens is 510 g/mol. The highest BCUT2D eigenvalue weighted by atomic mass is 79.9. The fourth-order valence-electron chi connectivity index (χ4n) is 4.48. The van der Waals surface area contributed by atoms with Crippen LogP contribution in [0.25, 0.3) is 0 Å². The Hall–Kier alpha value is -0.480. The molecule has 3 nitrogen and oxygen atoms in total. The average molecular weight is 531 g/mol. The SMILES string of the molecule is O=C(P)N1CCC(C2c3ncc(Br)cc3CCc3cc(Cl)cc(Br)c32)CC1. The van der Waals surface area contributed by atoms with E-state index < -0.39 is 0 Å². The molecule has 1 saturated heterocycles. The van der Waals surface area contributed by atoms with Gasteiger partial charge >= 0.3 is 0 Å². The van der Waals surface area contributed by atoms with E-state index in [1.54, 1.807) is 0 Å². The van der Waals surface area contributed by atoms with Crippen molar-refractivity contribution in [2.75, 3.05) is 13.1 Å². The Morgan fingerprint density at radius 3 is 2.56 bits per heavy atom. The number of carbonyl (C=O) groups excluding carboxylic acids is 1. The summed E-state index contributed by atoms with van der Waals surface area (Å²) in [6.07, 6.45) is 5.79. The molecule has 0 spiro atoms. The van der Waals surface area contributed by atoms with Crippen molar-refractivity contribution in [2.45, 2.75) is 31.6 Å². The minimum Gasteiger partial charge on any atom is -0.340 e. The zero-order valence-corrected chi connectivity index (χ0v) is 19.8. The fraction of sp³-hybridized carbons (Fsp3) is 0.400. The molecule has 7 heteroatoms. The van der Waals surface area contributed by atoms with E-state index in [2.05, 4.69) is 53.2 Å². The number of amides is 1. The van der Waals surface area contributed by atoms with Crippen LogP contribution in [0.4, 0.5) is 4.79 Å². The molecule has 2 aromatic rings. The number of likely N-dealkylation sites (tertiary alicyclic amines) is 1. The molecule has 142 valence electrons. The zero-order chi connectivity index (χ0) is 19.1. The van der Waals surface area contributed by atoms with Crippen LogP contribution >= 0.6 is 52.7 Å². The number of aromatic nitrogens is 1. The fourth-order valence-corrected chi connectivity index (χ4v) is 6.24. The predicted molar refractivity (Wildman–Crippen MR) is 120 cm³/mol. The molecule has 2 atom stereocenters. The van der Waals surface area contributed by atoms with Crippen LogP contribution in [0.15, 0.2) is 33.3 Å². The number of piperidine rings is 1. The van der Waals surface area contributed by atoms with Gasteiger partial charge in [-0.15, -0.1) is 0 Å². The second kappa shape index (κ2) is 8.10. The van der Waals surface area contributed by atoms with Gasteiger partial charge in [-0.1, -0.05) is 27.5 Å². The van der Waals surface area contributed by atoms with Gasteiger partial charge in [-0.3, -0.25) is 9.78 Å². The van der Waals surface area contributed by atoms with Gasteiger partial charge in [0.15, 0.2) is 0 Å². The third-order valence-corrected chi connectivity index (χ3v) is 7.41. The summed E-state index contributed by atoms with van der Waals surface area (Å²) in [5.74, 6) is 0.673. The first-order valence-electron chi connectivity index (χ1n) is 9.10. The largest absolute Gasteiger partial charge is 0.340 e. The average Bonchev–Trinajstić information content (AvgIpc) is 2.78. The minimum absolute atomic E-state index is 0.0881. The normalized spacial score (nSPS) is 20.0. The van der Waals surface area contributed by atoms with Crippen molar-refractivity contribution in [2.24, 2.45) is 5.92 Å². The van der Waals surface area contributed by atoms with E-state index in [4.69, 9.17) is 16.6 Å². The standard InChI is InChI=1S/C20H20Br2ClN2OP/c21-14-7-13-2-1-12-8-15(23)9-16(22)17(12)18(19(13)24-10-14)11-3-5-25(6-4-11)20(26)27/h7-11,18H,1-6,27H2. The number of benzene rings is 1. The third kappa shape index (κ3) is 3.99. The molecule has 0 N–H and O–H groups in total. The summed E-state index contributed by atoms with van der Waals surface area (Å²) in [4.78, 5) is 18.5. The summed E-state index contributed by atoms with van der Waals surface area (Å²) in [5, 5.41) is 0.767. The van der Waals surface area contributed by atoms with E-state index in [1.807, 2.05) is 17.2 Å². The maximum atomic E-state index is 11.7. The van der Waals surface area contributed by atoms with E-state index in [0.717, 1.165) is 52.7 Å². The van der Waals surface area contributed by atoms with Crippen molar-refractivity contribution in [3.05, 3.63) is 60.7 Å². The summed E-state index contributed by atoms with van der Waals surface area (Å²) in [7, 11) is 2.30. The van der Waals surface area contributed by atoms with E-state index >= 15 is 0 Å². The third-order valence-electron chi connectivity index (χ3n) is 5.74. The van der Waals surface area contributed by atoms with Gasteiger partial charge in [-0.25, -0.2) is 0 Å². The molecule has 1 aromatic heterocycles. The van der Waals surface area contributed by atoms with Crippen LogP contribution in [-0.4, -0.2) is 28.6 Å². The number of carbonyl (C=O) groups is 1. The van der Waals surface area contributed by atoms with Crippen molar-refractivity contribution in [1.29, 1.82) is 0 Å². The van der Waals surface area contributed by atoms with E-state index in [9.17, 15) is 4.79 Å². The molecule has 4 rings (SSSR count). The maximum absolute atomic E-state index is 11.7. The van der Waals surface area contributed by atoms with Crippen LogP contribution in [0.1, 0.15) is 41.1 Å². The zero-order valence-electron chi connectivity index (χ0n) is 14.7. The number of rotatable bonds is 1. The number of nitrogens with zero attached hydrogens (tertiary/aromatic N) is 2. The van der Waals surface area contributed by atoms with E-state index in [-0.39, 0.29) is 11.6 Å². The molecule has 2 unspecified atom stereocenters. The predicted octanol–water partition coefficient (Wildman–Crippen LogP) is 6.20. The number of hydrogen-bond donors (Lipinski definition) is 0. The van der Waals surface area contributed by atoms with Gasteiger partial charge in [0, 0.05) is 39.2 Å². The van der Waals surface area contributed by atoms with Crippen molar-refractivity contribution in [1.82, 2.24) is 9.88 Å². The number of pyridine rings is 1. The first kappa shape index (κ1) is 19.8. The lowest BCUT2D eigenvalue weighted by molar-refractivity contribution is 0.186. The quantitative estimate of drug-likeness (QED) is 0.412. The van der Waals surface area contributed by atoms with E-state index in [1.165, 1.54) is 22.4 Å². The topological polar surface area (TPSA) is 33.2 Å². The van der Waals surface area contributed by atoms with Gasteiger partial charge in [0.05, 0.1) is 5.69 Å². The Labute approximate surface area is 183 Å². The number of hydrogen-bond acceptors (Lipinski definition) is 2. The van der Waals surface area contributed by atoms with Crippen molar-refractivity contribution in [3.63, 3.8) is 0 Å². The highest BCUT2D eigenvalue weighted by Crippen LogP contribution is 2.46. The van der Waals surface area contributed by atoms with Crippen LogP contribution in [0.5, 0.6) is 0 Å². The second-order valence-corrected chi connectivity index (χ2v) is 10.00. The van der Waals surface area contributed by atoms with Crippen LogP contribution in [0.3, 0.4) is 0 Å². The number of fused-ring (bicyclic) bond motifs is 2. The smallest absolute Gasteiger partial charge is 0.237 e. The Morgan fingerprint density at radius 2 is 1.85 bits per heavy atom. The molecule has 0 bridgehead atoms. The molecule has 1 aromatic carbocycles. The molecule has 2 heterocycles. The molecule has 1 amide bonds. The first-order valence-corrected chi connectivity index (χ1v) is 11.6. The second-order valence-electron chi connectivity index (χ2n) is 7.30. The van der Waals surface area contributed by atoms with Crippen LogP contribution in [0.2, 0.25) is 5.02 Å². The Kier molecular flexibility index (Phi) is 5.95. The van der Waals surface area contributed by atoms with Gasteiger partial charge in [0.2, 0.25) is 5.65 Å². The van der Waals surface area contributed by atoms with Crippen LogP contribution in [0, 0.1) is 5.92 Å². The Balaban J connectivity index is 1.80. The lowest BCUT2D eigenvalue weighted by atomic mass is 9.76. The maximum Gasteiger partial charge on any atom is 0.237 e. The summed E-state index contributed by atoms with van der Waals surface area (Å²) < 4.78 is 2.09. The molecule has 1 aliphatic heterocycles. The first-order chi connectivity index (χ1) is 12.9. The van der Waals surface area contributed by atoms with Gasteiger partial charge < -0.3 is 4.90 Å². The van der Waals surface area contributed by atoms with Crippen molar-refractivity contribution >= 4 is 58.3 Å². The molecule has 1 fully saturated rings. The molecular formula is C20H20Br2ClN2OP. The van der Waals surface area contributed by atoms with Crippen molar-refractivity contribution < 1.29 is 4.79 Å². The van der Waals surface area contributed by atoms with Gasteiger partial charge in [0.25, 0.3) is 0 Å². The van der Waals surface area contributed by atoms with Crippen molar-refractivity contribution in [3.8, 4) is 0 Å². The summed E-state index contributed by atoms with van der Waals surface area (Å²) in [6.45, 7) is 1.60. The van der Waals surface area contributed by atoms with Crippen LogP contribution < -0.4 is 0 Å². The molecule has 2 aliphatic rings. The van der Waals surface area contributed by atoms with Gasteiger partial charge in [-0.05, 0) is 91.7 Å². The monoisotopic (exact) mass is 528 g/mol. The van der Waals surface area contributed by atoms with Crippen LogP contribution in [-0.2, 0) is 12.8 Å². The molecule has 1 aliphatic carbocycles. The summed E-state index contributed by atoms with van der Waals surface area (Å²) in [6, 6.07) is 6.31. The Bertz CT molecular complexity index is 900. The summed E-state index contributed by atoms with van der Waals surface area (Å²) in [5.41, 5.74) is 5.19. The van der Waals surface area contributed by atoms with Gasteiger partial charge in [0.1, 0.15) is 0 Å². The molecule has 27 heavy (non-hydrogen) atoms. The number of halogens is 3. The molecule has 0 radical (unpaired) electrons.